The van der Waals surface area contributed by atoms with Gasteiger partial charge >= 0.3 is 5.97 Å². The van der Waals surface area contributed by atoms with Gasteiger partial charge in [-0.2, -0.15) is 0 Å². The number of likely N-dealkylation sites (tertiary alicyclic amines) is 1. The van der Waals surface area contributed by atoms with Crippen molar-refractivity contribution in [1.82, 2.24) is 4.90 Å². The number of hydrogen-bond acceptors (Lipinski definition) is 7. The minimum Gasteiger partial charge on any atom is -0.478 e. The lowest BCUT2D eigenvalue weighted by Crippen LogP contribution is -2.71. The summed E-state index contributed by atoms with van der Waals surface area (Å²) in [6.07, 6.45) is -0.195. The van der Waals surface area contributed by atoms with E-state index in [1.54, 1.807) is 36.4 Å². The molecule has 0 bridgehead atoms. The highest BCUT2D eigenvalue weighted by Gasteiger charge is 2.53. The molecule has 0 aliphatic carbocycles. The summed E-state index contributed by atoms with van der Waals surface area (Å²) in [7, 11) is 0. The van der Waals surface area contributed by atoms with Crippen LogP contribution in [0.1, 0.15) is 44.6 Å². The molecule has 2 N–H and O–H groups in total. The second-order valence-corrected chi connectivity index (χ2v) is 14.8. The van der Waals surface area contributed by atoms with E-state index in [0.717, 1.165) is 27.8 Å². The standard InChI is InChI=1S/C45H49NO5.C7H6O2/c1-2-18-41(47)42-44(50-32-38-25-14-6-15-26-38)45(51-33-39-27-16-7-17-28-39)43(49-31-37-23-12-5-13-24-37)40(34-48-30-36-21-10-4-11-22-36)46(42)29-35-19-8-3-9-20-35;8-7(9)6-4-2-1-3-5-6/h2-17,19-28,40-45,47H,1,18,29-34H2;1-5H,(H,8,9). The largest absolute Gasteiger partial charge is 0.478 e. The van der Waals surface area contributed by atoms with E-state index in [2.05, 4.69) is 72.1 Å². The maximum absolute atomic E-state index is 12.1. The van der Waals surface area contributed by atoms with Gasteiger partial charge in [-0.3, -0.25) is 4.90 Å². The molecule has 7 rings (SSSR count). The lowest BCUT2D eigenvalue weighted by Gasteiger charge is -2.54. The van der Waals surface area contributed by atoms with Gasteiger partial charge in [-0.05, 0) is 46.4 Å². The first kappa shape index (κ1) is 43.9. The fourth-order valence-corrected chi connectivity index (χ4v) is 7.50. The van der Waals surface area contributed by atoms with Gasteiger partial charge in [-0.25, -0.2) is 4.79 Å². The highest BCUT2D eigenvalue weighted by molar-refractivity contribution is 5.87. The second kappa shape index (κ2) is 23.8. The van der Waals surface area contributed by atoms with Crippen LogP contribution < -0.4 is 0 Å². The van der Waals surface area contributed by atoms with Crippen molar-refractivity contribution in [2.75, 3.05) is 6.61 Å². The van der Waals surface area contributed by atoms with E-state index in [0.29, 0.717) is 51.6 Å². The van der Waals surface area contributed by atoms with Crippen molar-refractivity contribution in [2.45, 2.75) is 75.9 Å². The molecule has 60 heavy (non-hydrogen) atoms. The van der Waals surface area contributed by atoms with Crippen molar-refractivity contribution < 1.29 is 34.0 Å². The summed E-state index contributed by atoms with van der Waals surface area (Å²) in [5.41, 5.74) is 5.70. The van der Waals surface area contributed by atoms with Crippen LogP contribution in [0.5, 0.6) is 0 Å². The minimum absolute atomic E-state index is 0.292. The van der Waals surface area contributed by atoms with Gasteiger partial charge in [0.15, 0.2) is 0 Å². The zero-order chi connectivity index (χ0) is 41.8. The third kappa shape index (κ3) is 13.1. The van der Waals surface area contributed by atoms with Crippen LogP contribution in [0.25, 0.3) is 0 Å². The maximum Gasteiger partial charge on any atom is 0.335 e. The van der Waals surface area contributed by atoms with Gasteiger partial charge in [0, 0.05) is 6.54 Å². The van der Waals surface area contributed by atoms with Crippen LogP contribution in [0.3, 0.4) is 0 Å². The Morgan fingerprint density at radius 3 is 1.35 bits per heavy atom. The molecule has 1 fully saturated rings. The van der Waals surface area contributed by atoms with E-state index in [4.69, 9.17) is 24.1 Å². The van der Waals surface area contributed by atoms with Crippen LogP contribution in [0.15, 0.2) is 195 Å². The molecule has 0 aromatic heterocycles. The molecule has 0 radical (unpaired) electrons. The number of aliphatic hydroxyl groups is 1. The number of hydrogen-bond donors (Lipinski definition) is 2. The maximum atomic E-state index is 12.1. The van der Waals surface area contributed by atoms with E-state index in [1.165, 1.54) is 0 Å². The summed E-state index contributed by atoms with van der Waals surface area (Å²) in [5, 5.41) is 20.5. The van der Waals surface area contributed by atoms with Crippen molar-refractivity contribution in [3.05, 3.63) is 228 Å². The first-order valence-corrected chi connectivity index (χ1v) is 20.5. The molecule has 310 valence electrons. The summed E-state index contributed by atoms with van der Waals surface area (Å²) >= 11 is 0. The number of piperidine rings is 1. The molecule has 1 heterocycles. The van der Waals surface area contributed by atoms with E-state index in [1.807, 2.05) is 91.0 Å². The molecule has 6 aromatic carbocycles. The Hall–Kier alpha value is -5.71. The van der Waals surface area contributed by atoms with Gasteiger partial charge in [0.05, 0.1) is 56.8 Å². The predicted octanol–water partition coefficient (Wildman–Crippen LogP) is 9.53. The van der Waals surface area contributed by atoms with Crippen molar-refractivity contribution >= 4 is 5.97 Å². The SMILES string of the molecule is C=CCC(O)C1C(OCc2ccccc2)C(OCc2ccccc2)C(OCc2ccccc2)C(COCc2ccccc2)N1Cc1ccccc1.O=C(O)c1ccccc1. The zero-order valence-electron chi connectivity index (χ0n) is 33.9. The first-order chi connectivity index (χ1) is 29.5. The van der Waals surface area contributed by atoms with Gasteiger partial charge < -0.3 is 29.2 Å². The minimum atomic E-state index is -0.879. The van der Waals surface area contributed by atoms with Crippen molar-refractivity contribution in [3.8, 4) is 0 Å². The van der Waals surface area contributed by atoms with Gasteiger partial charge in [0.25, 0.3) is 0 Å². The molecule has 8 nitrogen and oxygen atoms in total. The molecule has 8 heteroatoms. The smallest absolute Gasteiger partial charge is 0.335 e. The lowest BCUT2D eigenvalue weighted by atomic mass is 9.83. The number of carboxylic acids is 1. The molecule has 0 spiro atoms. The monoisotopic (exact) mass is 805 g/mol. The lowest BCUT2D eigenvalue weighted by molar-refractivity contribution is -0.243. The fourth-order valence-electron chi connectivity index (χ4n) is 7.50. The first-order valence-electron chi connectivity index (χ1n) is 20.5. The van der Waals surface area contributed by atoms with Crippen LogP contribution in [0.2, 0.25) is 0 Å². The third-order valence-electron chi connectivity index (χ3n) is 10.5. The molecule has 0 saturated carbocycles. The molecule has 0 amide bonds. The fraction of sp³-hybridized carbons (Fsp3) is 0.250. The normalized spacial score (nSPS) is 19.4. The van der Waals surface area contributed by atoms with Crippen molar-refractivity contribution in [3.63, 3.8) is 0 Å². The predicted molar refractivity (Wildman–Crippen MR) is 235 cm³/mol. The van der Waals surface area contributed by atoms with Gasteiger partial charge in [0.1, 0.15) is 18.3 Å². The van der Waals surface area contributed by atoms with Gasteiger partial charge in [0.2, 0.25) is 0 Å². The molecule has 6 atom stereocenters. The number of benzene rings is 6. The molecule has 6 aromatic rings. The molecule has 1 aliphatic heterocycles. The average molecular weight is 806 g/mol. The Balaban J connectivity index is 0.000000594. The summed E-state index contributed by atoms with van der Waals surface area (Å²) < 4.78 is 27.4. The number of nitrogens with zero attached hydrogens (tertiary/aromatic N) is 1. The molecular weight excluding hydrogens is 751 g/mol. The number of aliphatic hydroxyl groups excluding tert-OH is 1. The molecule has 6 unspecified atom stereocenters. The van der Waals surface area contributed by atoms with Crippen molar-refractivity contribution in [1.29, 1.82) is 0 Å². The van der Waals surface area contributed by atoms with Crippen LogP contribution in [-0.4, -0.2) is 64.2 Å². The van der Waals surface area contributed by atoms with Gasteiger partial charge in [-0.1, -0.05) is 176 Å². The Labute approximate surface area is 354 Å². The topological polar surface area (TPSA) is 97.7 Å². The second-order valence-electron chi connectivity index (χ2n) is 14.8. The quantitative estimate of drug-likeness (QED) is 0.0782. The van der Waals surface area contributed by atoms with Gasteiger partial charge in [-0.15, -0.1) is 6.58 Å². The Kier molecular flexibility index (Phi) is 17.4. The highest BCUT2D eigenvalue weighted by atomic mass is 16.6. The third-order valence-corrected chi connectivity index (χ3v) is 10.5. The Morgan fingerprint density at radius 2 is 0.933 bits per heavy atom. The van der Waals surface area contributed by atoms with Crippen LogP contribution in [-0.2, 0) is 51.9 Å². The van der Waals surface area contributed by atoms with Crippen LogP contribution in [0.4, 0.5) is 0 Å². The molecular formula is C52H55NO7. The van der Waals surface area contributed by atoms with E-state index >= 15 is 0 Å². The van der Waals surface area contributed by atoms with E-state index < -0.39 is 36.4 Å². The van der Waals surface area contributed by atoms with Crippen LogP contribution in [0, 0.1) is 0 Å². The highest BCUT2D eigenvalue weighted by Crippen LogP contribution is 2.36. The summed E-state index contributed by atoms with van der Waals surface area (Å²) in [6.45, 7) is 6.46. The number of carbonyl (C=O) groups is 1. The van der Waals surface area contributed by atoms with E-state index in [-0.39, 0.29) is 6.04 Å². The van der Waals surface area contributed by atoms with Crippen LogP contribution >= 0.6 is 0 Å². The Bertz CT molecular complexity index is 2090. The summed E-state index contributed by atoms with van der Waals surface area (Å²) in [5.74, 6) is -0.879. The number of aromatic carboxylic acids is 1. The molecule has 1 saturated heterocycles. The Morgan fingerprint density at radius 1 is 0.550 bits per heavy atom. The summed E-state index contributed by atoms with van der Waals surface area (Å²) in [6, 6.07) is 58.6. The van der Waals surface area contributed by atoms with Crippen molar-refractivity contribution in [2.24, 2.45) is 0 Å². The summed E-state index contributed by atoms with van der Waals surface area (Å²) in [4.78, 5) is 12.5. The zero-order valence-corrected chi connectivity index (χ0v) is 33.9. The van der Waals surface area contributed by atoms with E-state index in [9.17, 15) is 9.90 Å². The number of ether oxygens (including phenoxy) is 4. The number of rotatable bonds is 19. The average Bonchev–Trinajstić information content (AvgIpc) is 3.30. The number of carboxylic acid groups (broad SMARTS) is 1. The molecule has 1 aliphatic rings.